The number of carbonyl (C=O) groups excluding carboxylic acids is 1. The number of hydrogen-bond acceptors (Lipinski definition) is 4. The largest absolute Gasteiger partial charge is 0.481 e. The van der Waals surface area contributed by atoms with Gasteiger partial charge in [-0.3, -0.25) is 9.59 Å². The van der Waals surface area contributed by atoms with Gasteiger partial charge in [-0.25, -0.2) is 9.97 Å². The zero-order valence-electron chi connectivity index (χ0n) is 13.8. The second-order valence-electron chi connectivity index (χ2n) is 7.06. The molecule has 1 aliphatic carbocycles. The predicted octanol–water partition coefficient (Wildman–Crippen LogP) is 2.09. The van der Waals surface area contributed by atoms with E-state index in [0.29, 0.717) is 23.7 Å². The highest BCUT2D eigenvalue weighted by molar-refractivity contribution is 5.95. The Labute approximate surface area is 135 Å². The minimum absolute atomic E-state index is 0.0107. The van der Waals surface area contributed by atoms with Crippen LogP contribution >= 0.6 is 0 Å². The maximum absolute atomic E-state index is 12.8. The molecule has 6 nitrogen and oxygen atoms in total. The Bertz CT molecular complexity index is 640. The number of nitrogens with zero attached hydrogens (tertiary/aromatic N) is 3. The zero-order chi connectivity index (χ0) is 16.7. The number of aromatic nitrogens is 2. The standard InChI is InChI=1S/C17H23N3O3/c1-9(2)13-7-20(8-14(13)17(22)23)16(21)12-6-18-15(11-4-5-11)19-10(12)3/h6,9,11,13-14H,4-5,7-8H2,1-3H3,(H,22,23)/t13-,14+/m0/s1. The fourth-order valence-corrected chi connectivity index (χ4v) is 3.34. The van der Waals surface area contributed by atoms with Crippen molar-refractivity contribution in [2.45, 2.75) is 39.5 Å². The molecule has 0 radical (unpaired) electrons. The number of aliphatic carboxylic acids is 1. The van der Waals surface area contributed by atoms with E-state index in [1.54, 1.807) is 11.1 Å². The highest BCUT2D eigenvalue weighted by Gasteiger charge is 2.41. The van der Waals surface area contributed by atoms with E-state index in [9.17, 15) is 14.7 Å². The van der Waals surface area contributed by atoms with Gasteiger partial charge in [-0.1, -0.05) is 13.8 Å². The molecule has 1 aliphatic heterocycles. The number of carbonyl (C=O) groups is 2. The van der Waals surface area contributed by atoms with E-state index >= 15 is 0 Å². The monoisotopic (exact) mass is 317 g/mol. The molecule has 23 heavy (non-hydrogen) atoms. The van der Waals surface area contributed by atoms with Gasteiger partial charge < -0.3 is 10.0 Å². The van der Waals surface area contributed by atoms with Crippen LogP contribution in [0.1, 0.15) is 54.5 Å². The maximum atomic E-state index is 12.8. The average molecular weight is 317 g/mol. The number of likely N-dealkylation sites (tertiary alicyclic amines) is 1. The van der Waals surface area contributed by atoms with Gasteiger partial charge >= 0.3 is 5.97 Å². The highest BCUT2D eigenvalue weighted by Crippen LogP contribution is 2.38. The number of rotatable bonds is 4. The summed E-state index contributed by atoms with van der Waals surface area (Å²) in [6.07, 6.45) is 3.85. The quantitative estimate of drug-likeness (QED) is 0.919. The van der Waals surface area contributed by atoms with Crippen molar-refractivity contribution < 1.29 is 14.7 Å². The second-order valence-corrected chi connectivity index (χ2v) is 7.06. The first-order valence-corrected chi connectivity index (χ1v) is 8.24. The minimum atomic E-state index is -0.823. The van der Waals surface area contributed by atoms with E-state index in [-0.39, 0.29) is 24.3 Å². The molecule has 0 unspecified atom stereocenters. The van der Waals surface area contributed by atoms with Crippen molar-refractivity contribution in [2.75, 3.05) is 13.1 Å². The molecule has 1 amide bonds. The molecule has 1 saturated heterocycles. The van der Waals surface area contributed by atoms with Gasteiger partial charge in [0.25, 0.3) is 5.91 Å². The number of hydrogen-bond donors (Lipinski definition) is 1. The Morgan fingerprint density at radius 1 is 1.30 bits per heavy atom. The van der Waals surface area contributed by atoms with E-state index in [0.717, 1.165) is 18.7 Å². The fourth-order valence-electron chi connectivity index (χ4n) is 3.34. The van der Waals surface area contributed by atoms with Crippen LogP contribution in [0.25, 0.3) is 0 Å². The number of carboxylic acids is 1. The van der Waals surface area contributed by atoms with E-state index < -0.39 is 11.9 Å². The molecule has 0 bridgehead atoms. The SMILES string of the molecule is Cc1nc(C2CC2)ncc1C(=O)N1C[C@@H](C(=O)O)[C@H](C(C)C)C1. The number of carboxylic acid groups (broad SMARTS) is 1. The van der Waals surface area contributed by atoms with Gasteiger partial charge in [0, 0.05) is 25.2 Å². The van der Waals surface area contributed by atoms with Crippen LogP contribution < -0.4 is 0 Å². The Morgan fingerprint density at radius 3 is 2.48 bits per heavy atom. The van der Waals surface area contributed by atoms with Crippen LogP contribution in [0.3, 0.4) is 0 Å². The predicted molar refractivity (Wildman–Crippen MR) is 84.1 cm³/mol. The van der Waals surface area contributed by atoms with Crippen molar-refractivity contribution in [1.82, 2.24) is 14.9 Å². The van der Waals surface area contributed by atoms with Crippen LogP contribution in [0.5, 0.6) is 0 Å². The summed E-state index contributed by atoms with van der Waals surface area (Å²) in [5.74, 6) is 0.0170. The lowest BCUT2D eigenvalue weighted by molar-refractivity contribution is -0.142. The van der Waals surface area contributed by atoms with Gasteiger partial charge in [-0.15, -0.1) is 0 Å². The molecule has 2 fully saturated rings. The van der Waals surface area contributed by atoms with Crippen molar-refractivity contribution >= 4 is 11.9 Å². The van der Waals surface area contributed by atoms with Crippen molar-refractivity contribution in [3.63, 3.8) is 0 Å². The summed E-state index contributed by atoms with van der Waals surface area (Å²) in [6.45, 7) is 6.59. The highest BCUT2D eigenvalue weighted by atomic mass is 16.4. The average Bonchev–Trinajstić information content (AvgIpc) is 3.23. The summed E-state index contributed by atoms with van der Waals surface area (Å²) < 4.78 is 0. The minimum Gasteiger partial charge on any atom is -0.481 e. The molecule has 124 valence electrons. The van der Waals surface area contributed by atoms with Gasteiger partial charge in [-0.2, -0.15) is 0 Å². The molecule has 1 saturated carbocycles. The van der Waals surface area contributed by atoms with Gasteiger partial charge in [0.15, 0.2) is 0 Å². The van der Waals surface area contributed by atoms with Crippen molar-refractivity contribution in [1.29, 1.82) is 0 Å². The summed E-state index contributed by atoms with van der Waals surface area (Å²) in [6, 6.07) is 0. The Morgan fingerprint density at radius 2 is 2.00 bits per heavy atom. The molecule has 0 spiro atoms. The van der Waals surface area contributed by atoms with Crippen LogP contribution in [0.4, 0.5) is 0 Å². The lowest BCUT2D eigenvalue weighted by atomic mass is 9.86. The first-order valence-electron chi connectivity index (χ1n) is 8.24. The molecular weight excluding hydrogens is 294 g/mol. The van der Waals surface area contributed by atoms with Crippen molar-refractivity contribution in [2.24, 2.45) is 17.8 Å². The van der Waals surface area contributed by atoms with Crippen LogP contribution in [0, 0.1) is 24.7 Å². The molecule has 2 atom stereocenters. The Hall–Kier alpha value is -1.98. The summed E-state index contributed by atoms with van der Waals surface area (Å²) in [5, 5.41) is 9.40. The van der Waals surface area contributed by atoms with Crippen molar-refractivity contribution in [3.05, 3.63) is 23.3 Å². The third-order valence-electron chi connectivity index (χ3n) is 5.00. The smallest absolute Gasteiger partial charge is 0.308 e. The van der Waals surface area contributed by atoms with E-state index in [4.69, 9.17) is 0 Å². The third kappa shape index (κ3) is 3.07. The van der Waals surface area contributed by atoms with Gasteiger partial charge in [-0.05, 0) is 31.6 Å². The third-order valence-corrected chi connectivity index (χ3v) is 5.00. The van der Waals surface area contributed by atoms with E-state index in [2.05, 4.69) is 9.97 Å². The molecule has 2 aliphatic rings. The Balaban J connectivity index is 1.79. The van der Waals surface area contributed by atoms with Crippen LogP contribution in [-0.2, 0) is 4.79 Å². The second kappa shape index (κ2) is 5.91. The van der Waals surface area contributed by atoms with E-state index in [1.165, 1.54) is 0 Å². The lowest BCUT2D eigenvalue weighted by Crippen LogP contribution is -2.31. The maximum Gasteiger partial charge on any atom is 0.308 e. The zero-order valence-corrected chi connectivity index (χ0v) is 13.8. The summed E-state index contributed by atoms with van der Waals surface area (Å²) in [5.41, 5.74) is 1.18. The summed E-state index contributed by atoms with van der Waals surface area (Å²) in [7, 11) is 0. The number of amides is 1. The van der Waals surface area contributed by atoms with Crippen molar-refractivity contribution in [3.8, 4) is 0 Å². The van der Waals surface area contributed by atoms with E-state index in [1.807, 2.05) is 20.8 Å². The molecule has 1 N–H and O–H groups in total. The lowest BCUT2D eigenvalue weighted by Gasteiger charge is -2.19. The summed E-state index contributed by atoms with van der Waals surface area (Å²) >= 11 is 0. The molecule has 0 aromatic carbocycles. The summed E-state index contributed by atoms with van der Waals surface area (Å²) in [4.78, 5) is 34.6. The molecule has 1 aromatic heterocycles. The topological polar surface area (TPSA) is 83.4 Å². The first-order chi connectivity index (χ1) is 10.9. The molecule has 1 aromatic rings. The molecule has 3 rings (SSSR count). The van der Waals surface area contributed by atoms with Crippen LogP contribution in [0.15, 0.2) is 6.20 Å². The number of aryl methyl sites for hydroxylation is 1. The van der Waals surface area contributed by atoms with Gasteiger partial charge in [0.05, 0.1) is 17.2 Å². The van der Waals surface area contributed by atoms with Crippen LogP contribution in [-0.4, -0.2) is 44.9 Å². The molecule has 2 heterocycles. The first kappa shape index (κ1) is 15.9. The Kier molecular flexibility index (Phi) is 4.08. The molecular formula is C17H23N3O3. The van der Waals surface area contributed by atoms with Gasteiger partial charge in [0.2, 0.25) is 0 Å². The van der Waals surface area contributed by atoms with Gasteiger partial charge in [0.1, 0.15) is 5.82 Å². The fraction of sp³-hybridized carbons (Fsp3) is 0.647. The normalized spacial score (nSPS) is 24.3. The van der Waals surface area contributed by atoms with Crippen LogP contribution in [0.2, 0.25) is 0 Å². The molecule has 6 heteroatoms.